The molecule has 0 amide bonds. The highest BCUT2D eigenvalue weighted by molar-refractivity contribution is 5.84. The summed E-state index contributed by atoms with van der Waals surface area (Å²) in [5.41, 5.74) is -0.257. The van der Waals surface area contributed by atoms with Crippen molar-refractivity contribution < 1.29 is 27.5 Å². The Morgan fingerprint density at radius 3 is 2.20 bits per heavy atom. The molecule has 1 aromatic carbocycles. The van der Waals surface area contributed by atoms with Gasteiger partial charge in [-0.15, -0.1) is 0 Å². The maximum Gasteiger partial charge on any atom is 0.416 e. The number of alkyl halides is 3. The highest BCUT2D eigenvalue weighted by Gasteiger charge is 2.29. The minimum atomic E-state index is -4.38. The average molecular weight is 288 g/mol. The Labute approximate surface area is 114 Å². The normalized spacial score (nSPS) is 11.2. The monoisotopic (exact) mass is 288 g/mol. The van der Waals surface area contributed by atoms with Crippen molar-refractivity contribution in [2.75, 3.05) is 6.61 Å². The van der Waals surface area contributed by atoms with Crippen LogP contribution < -0.4 is 0 Å². The molecule has 0 spiro atoms. The lowest BCUT2D eigenvalue weighted by atomic mass is 10.0. The number of carbonyl (C=O) groups is 2. The number of Topliss-reactive ketones (excluding diaryl/α,β-unsaturated/α-hetero) is 1. The van der Waals surface area contributed by atoms with Crippen LogP contribution in [0.15, 0.2) is 24.3 Å². The summed E-state index contributed by atoms with van der Waals surface area (Å²) in [5.74, 6) is -0.661. The number of rotatable bonds is 6. The standard InChI is InChI=1S/C14H15F3O3/c1-2-20-13(19)8-7-12(18)9-10-3-5-11(6-4-10)14(15,16)17/h3-6H,2,7-9H2,1H3. The van der Waals surface area contributed by atoms with Gasteiger partial charge in [0, 0.05) is 12.8 Å². The molecule has 0 aliphatic carbocycles. The fourth-order valence-corrected chi connectivity index (χ4v) is 1.60. The summed E-state index contributed by atoms with van der Waals surface area (Å²) in [6.07, 6.45) is -4.35. The number of benzene rings is 1. The number of halogens is 3. The van der Waals surface area contributed by atoms with Gasteiger partial charge in [-0.1, -0.05) is 12.1 Å². The molecule has 6 heteroatoms. The Hall–Kier alpha value is -1.85. The number of ether oxygens (including phenoxy) is 1. The van der Waals surface area contributed by atoms with Crippen molar-refractivity contribution in [3.8, 4) is 0 Å². The molecule has 3 nitrogen and oxygen atoms in total. The smallest absolute Gasteiger partial charge is 0.416 e. The lowest BCUT2D eigenvalue weighted by Crippen LogP contribution is -2.10. The van der Waals surface area contributed by atoms with Crippen molar-refractivity contribution in [3.63, 3.8) is 0 Å². The molecule has 0 N–H and O–H groups in total. The highest BCUT2D eigenvalue weighted by Crippen LogP contribution is 2.29. The molecule has 0 aromatic heterocycles. The number of hydrogen-bond donors (Lipinski definition) is 0. The van der Waals surface area contributed by atoms with Gasteiger partial charge in [-0.25, -0.2) is 0 Å². The van der Waals surface area contributed by atoms with Crippen LogP contribution >= 0.6 is 0 Å². The van der Waals surface area contributed by atoms with Crippen LogP contribution in [0, 0.1) is 0 Å². The predicted octanol–water partition coefficient (Wildman–Crippen LogP) is 3.16. The van der Waals surface area contributed by atoms with Gasteiger partial charge in [0.1, 0.15) is 5.78 Å². The third kappa shape index (κ3) is 5.42. The van der Waals surface area contributed by atoms with Crippen molar-refractivity contribution in [1.82, 2.24) is 0 Å². The molecular formula is C14H15F3O3. The van der Waals surface area contributed by atoms with E-state index < -0.39 is 17.7 Å². The van der Waals surface area contributed by atoms with Crippen LogP contribution in [-0.4, -0.2) is 18.4 Å². The van der Waals surface area contributed by atoms with Crippen LogP contribution in [0.2, 0.25) is 0 Å². The molecular weight excluding hydrogens is 273 g/mol. The van der Waals surface area contributed by atoms with Gasteiger partial charge in [-0.3, -0.25) is 9.59 Å². The molecule has 0 unspecified atom stereocenters. The molecule has 0 aliphatic rings. The maximum absolute atomic E-state index is 12.3. The van der Waals surface area contributed by atoms with E-state index in [1.54, 1.807) is 6.92 Å². The fourth-order valence-electron chi connectivity index (χ4n) is 1.60. The van der Waals surface area contributed by atoms with Crippen molar-refractivity contribution in [2.45, 2.75) is 32.4 Å². The Balaban J connectivity index is 2.48. The third-order valence-electron chi connectivity index (χ3n) is 2.60. The van der Waals surface area contributed by atoms with E-state index in [1.165, 1.54) is 12.1 Å². The molecule has 1 aromatic rings. The lowest BCUT2D eigenvalue weighted by molar-refractivity contribution is -0.144. The van der Waals surface area contributed by atoms with Crippen molar-refractivity contribution in [2.24, 2.45) is 0 Å². The molecule has 0 fully saturated rings. The molecule has 0 heterocycles. The van der Waals surface area contributed by atoms with Gasteiger partial charge in [-0.2, -0.15) is 13.2 Å². The Morgan fingerprint density at radius 2 is 1.70 bits per heavy atom. The first-order valence-corrected chi connectivity index (χ1v) is 6.16. The fraction of sp³-hybridized carbons (Fsp3) is 0.429. The molecule has 0 atom stereocenters. The zero-order chi connectivity index (χ0) is 15.2. The minimum Gasteiger partial charge on any atom is -0.466 e. The minimum absolute atomic E-state index is 0.00664. The number of carbonyl (C=O) groups excluding carboxylic acids is 2. The highest BCUT2D eigenvalue weighted by atomic mass is 19.4. The van der Waals surface area contributed by atoms with E-state index in [1.807, 2.05) is 0 Å². The predicted molar refractivity (Wildman–Crippen MR) is 66.0 cm³/mol. The zero-order valence-electron chi connectivity index (χ0n) is 11.0. The van der Waals surface area contributed by atoms with Crippen LogP contribution in [0.25, 0.3) is 0 Å². The molecule has 20 heavy (non-hydrogen) atoms. The van der Waals surface area contributed by atoms with E-state index in [9.17, 15) is 22.8 Å². The van der Waals surface area contributed by atoms with E-state index >= 15 is 0 Å². The van der Waals surface area contributed by atoms with Gasteiger partial charge in [0.2, 0.25) is 0 Å². The maximum atomic E-state index is 12.3. The lowest BCUT2D eigenvalue weighted by Gasteiger charge is -2.07. The third-order valence-corrected chi connectivity index (χ3v) is 2.60. The van der Waals surface area contributed by atoms with E-state index in [4.69, 9.17) is 0 Å². The van der Waals surface area contributed by atoms with Gasteiger partial charge in [0.25, 0.3) is 0 Å². The molecule has 0 saturated heterocycles. The van der Waals surface area contributed by atoms with Gasteiger partial charge in [-0.05, 0) is 24.6 Å². The van der Waals surface area contributed by atoms with Crippen LogP contribution in [0.5, 0.6) is 0 Å². The second-order valence-corrected chi connectivity index (χ2v) is 4.22. The quantitative estimate of drug-likeness (QED) is 0.755. The molecule has 110 valence electrons. The summed E-state index contributed by atoms with van der Waals surface area (Å²) in [6, 6.07) is 4.41. The summed E-state index contributed by atoms with van der Waals surface area (Å²) in [4.78, 5) is 22.6. The topological polar surface area (TPSA) is 43.4 Å². The summed E-state index contributed by atoms with van der Waals surface area (Å²) in [7, 11) is 0. The first-order valence-electron chi connectivity index (χ1n) is 6.16. The van der Waals surface area contributed by atoms with Crippen molar-refractivity contribution in [3.05, 3.63) is 35.4 Å². The van der Waals surface area contributed by atoms with Crippen molar-refractivity contribution >= 4 is 11.8 Å². The summed E-state index contributed by atoms with van der Waals surface area (Å²) in [6.45, 7) is 1.92. The molecule has 0 saturated carbocycles. The Kier molecular flexibility index (Phi) is 5.73. The molecule has 0 bridgehead atoms. The van der Waals surface area contributed by atoms with Crippen LogP contribution in [0.3, 0.4) is 0 Å². The van der Waals surface area contributed by atoms with Crippen molar-refractivity contribution in [1.29, 1.82) is 0 Å². The SMILES string of the molecule is CCOC(=O)CCC(=O)Cc1ccc(C(F)(F)F)cc1. The number of hydrogen-bond acceptors (Lipinski definition) is 3. The first-order chi connectivity index (χ1) is 9.32. The van der Waals surface area contributed by atoms with E-state index in [0.717, 1.165) is 12.1 Å². The van der Waals surface area contributed by atoms with E-state index in [2.05, 4.69) is 4.74 Å². The second kappa shape index (κ2) is 7.07. The number of esters is 1. The molecule has 0 radical (unpaired) electrons. The summed E-state index contributed by atoms with van der Waals surface area (Å²) >= 11 is 0. The first kappa shape index (κ1) is 16.2. The average Bonchev–Trinajstić information content (AvgIpc) is 2.36. The van der Waals surface area contributed by atoms with E-state index in [-0.39, 0.29) is 31.7 Å². The van der Waals surface area contributed by atoms with Gasteiger partial charge >= 0.3 is 12.1 Å². The largest absolute Gasteiger partial charge is 0.466 e. The summed E-state index contributed by atoms with van der Waals surface area (Å²) in [5, 5.41) is 0. The van der Waals surface area contributed by atoms with Gasteiger partial charge < -0.3 is 4.74 Å². The Morgan fingerprint density at radius 1 is 1.10 bits per heavy atom. The zero-order valence-corrected chi connectivity index (χ0v) is 11.0. The van der Waals surface area contributed by atoms with Crippen LogP contribution in [0.4, 0.5) is 13.2 Å². The Bertz CT molecular complexity index is 464. The van der Waals surface area contributed by atoms with Crippen LogP contribution in [-0.2, 0) is 26.9 Å². The molecule has 1 rings (SSSR count). The summed E-state index contributed by atoms with van der Waals surface area (Å²) < 4.78 is 41.7. The van der Waals surface area contributed by atoms with Gasteiger partial charge in [0.15, 0.2) is 0 Å². The number of ketones is 1. The molecule has 0 aliphatic heterocycles. The van der Waals surface area contributed by atoms with E-state index in [0.29, 0.717) is 5.56 Å². The van der Waals surface area contributed by atoms with Gasteiger partial charge in [0.05, 0.1) is 18.6 Å². The van der Waals surface area contributed by atoms with Crippen LogP contribution in [0.1, 0.15) is 30.9 Å². The second-order valence-electron chi connectivity index (χ2n) is 4.22.